The zero-order valence-corrected chi connectivity index (χ0v) is 17.2. The summed E-state index contributed by atoms with van der Waals surface area (Å²) < 4.78 is 13.6. The molecule has 0 spiro atoms. The van der Waals surface area contributed by atoms with Gasteiger partial charge in [0.2, 0.25) is 0 Å². The van der Waals surface area contributed by atoms with Crippen LogP contribution in [-0.2, 0) is 11.0 Å². The Labute approximate surface area is 167 Å². The van der Waals surface area contributed by atoms with Gasteiger partial charge in [-0.05, 0) is 31.5 Å². The third-order valence-electron chi connectivity index (χ3n) is 4.86. The topological polar surface area (TPSA) is 78.0 Å². The average molecular weight is 397 g/mol. The van der Waals surface area contributed by atoms with Gasteiger partial charge in [-0.1, -0.05) is 17.7 Å². The van der Waals surface area contributed by atoms with E-state index in [0.717, 1.165) is 59.9 Å². The highest BCUT2D eigenvalue weighted by molar-refractivity contribution is 7.81. The molecule has 1 N–H and O–H groups in total. The largest absolute Gasteiger partial charge is 0.354 e. The Kier molecular flexibility index (Phi) is 5.23. The van der Waals surface area contributed by atoms with Crippen molar-refractivity contribution in [2.24, 2.45) is 0 Å². The molecule has 0 amide bonds. The molecule has 0 aliphatic carbocycles. The minimum Gasteiger partial charge on any atom is -0.354 e. The summed E-state index contributed by atoms with van der Waals surface area (Å²) in [4.78, 5) is 11.1. The third-order valence-corrected chi connectivity index (χ3v) is 5.96. The van der Waals surface area contributed by atoms with Crippen LogP contribution in [0, 0.1) is 0 Å². The van der Waals surface area contributed by atoms with E-state index in [-0.39, 0.29) is 0 Å². The number of nitrogens with zero attached hydrogens (tertiary/aromatic N) is 5. The summed E-state index contributed by atoms with van der Waals surface area (Å²) in [7, 11) is -0.919. The Balaban J connectivity index is 1.65. The van der Waals surface area contributed by atoms with Gasteiger partial charge in [0.15, 0.2) is 0 Å². The molecule has 2 aromatic heterocycles. The molecule has 0 radical (unpaired) electrons. The molecule has 1 fully saturated rings. The molecule has 0 bridgehead atoms. The van der Waals surface area contributed by atoms with E-state index in [0.29, 0.717) is 0 Å². The summed E-state index contributed by atoms with van der Waals surface area (Å²) in [6.45, 7) is 7.29. The van der Waals surface area contributed by atoms with Gasteiger partial charge >= 0.3 is 0 Å². The van der Waals surface area contributed by atoms with Crippen LogP contribution >= 0.6 is 0 Å². The Hall–Kier alpha value is -2.58. The molecule has 4 rings (SSSR count). The van der Waals surface area contributed by atoms with Crippen LogP contribution in [0.25, 0.3) is 28.4 Å². The minimum atomic E-state index is -0.919. The van der Waals surface area contributed by atoms with E-state index in [1.807, 2.05) is 16.4 Å². The van der Waals surface area contributed by atoms with Crippen molar-refractivity contribution < 1.29 is 4.21 Å². The summed E-state index contributed by atoms with van der Waals surface area (Å²) >= 11 is 0. The van der Waals surface area contributed by atoms with E-state index in [1.54, 1.807) is 12.6 Å². The Bertz CT molecular complexity index is 1050. The fourth-order valence-corrected chi connectivity index (χ4v) is 4.15. The first-order valence-corrected chi connectivity index (χ1v) is 10.8. The van der Waals surface area contributed by atoms with Crippen molar-refractivity contribution in [3.63, 3.8) is 0 Å². The standard InChI is InChI=1S/C20H24N6OS/c1-14(2)10-15-4-5-17-16(11-15)20(24-23-17)18-12-19(22-13-21-18)25-6-8-26(9-7-25)28(3)27/h4-5,10-13H,6-9H2,1-3H3,(H,23,24). The highest BCUT2D eigenvalue weighted by Gasteiger charge is 2.21. The first-order valence-electron chi connectivity index (χ1n) is 9.30. The monoisotopic (exact) mass is 396 g/mol. The summed E-state index contributed by atoms with van der Waals surface area (Å²) in [6, 6.07) is 8.26. The number of aromatic nitrogens is 4. The van der Waals surface area contributed by atoms with Crippen molar-refractivity contribution >= 4 is 33.8 Å². The van der Waals surface area contributed by atoms with Crippen molar-refractivity contribution in [2.75, 3.05) is 37.3 Å². The number of rotatable bonds is 4. The number of allylic oxidation sites excluding steroid dienone is 1. The van der Waals surface area contributed by atoms with Crippen LogP contribution in [0.1, 0.15) is 19.4 Å². The molecule has 1 aliphatic rings. The van der Waals surface area contributed by atoms with Gasteiger partial charge in [-0.2, -0.15) is 5.10 Å². The lowest BCUT2D eigenvalue weighted by Crippen LogP contribution is -2.47. The average Bonchev–Trinajstić information content (AvgIpc) is 3.11. The van der Waals surface area contributed by atoms with Crippen LogP contribution in [-0.4, -0.2) is 61.1 Å². The lowest BCUT2D eigenvalue weighted by molar-refractivity contribution is 0.411. The maximum absolute atomic E-state index is 11.6. The molecule has 0 saturated carbocycles. The number of hydrogen-bond acceptors (Lipinski definition) is 5. The summed E-state index contributed by atoms with van der Waals surface area (Å²) in [5.74, 6) is 0.878. The minimum absolute atomic E-state index is 0.764. The van der Waals surface area contributed by atoms with Crippen LogP contribution in [0.2, 0.25) is 0 Å². The van der Waals surface area contributed by atoms with Gasteiger partial charge in [0, 0.05) is 43.9 Å². The predicted octanol–water partition coefficient (Wildman–Crippen LogP) is 2.86. The number of piperazine rings is 1. The molecule has 1 unspecified atom stereocenters. The second-order valence-corrected chi connectivity index (χ2v) is 8.56. The quantitative estimate of drug-likeness (QED) is 0.734. The molecule has 8 heteroatoms. The molecule has 3 aromatic rings. The van der Waals surface area contributed by atoms with Gasteiger partial charge in [0.25, 0.3) is 0 Å². The van der Waals surface area contributed by atoms with Crippen molar-refractivity contribution in [1.29, 1.82) is 0 Å². The van der Waals surface area contributed by atoms with E-state index in [2.05, 4.69) is 57.1 Å². The highest BCUT2D eigenvalue weighted by atomic mass is 32.2. The van der Waals surface area contributed by atoms with Gasteiger partial charge in [-0.15, -0.1) is 0 Å². The molecule has 28 heavy (non-hydrogen) atoms. The number of aromatic amines is 1. The van der Waals surface area contributed by atoms with Gasteiger partial charge in [-0.3, -0.25) is 5.10 Å². The second-order valence-electron chi connectivity index (χ2n) is 7.20. The van der Waals surface area contributed by atoms with Crippen LogP contribution in [0.3, 0.4) is 0 Å². The smallest absolute Gasteiger partial charge is 0.132 e. The van der Waals surface area contributed by atoms with E-state index < -0.39 is 11.0 Å². The molecule has 1 atom stereocenters. The molecular weight excluding hydrogens is 372 g/mol. The van der Waals surface area contributed by atoms with Crippen LogP contribution in [0.15, 0.2) is 36.2 Å². The van der Waals surface area contributed by atoms with E-state index in [9.17, 15) is 4.21 Å². The maximum Gasteiger partial charge on any atom is 0.132 e. The zero-order valence-electron chi connectivity index (χ0n) is 16.3. The molecule has 1 aromatic carbocycles. The van der Waals surface area contributed by atoms with Crippen LogP contribution in [0.5, 0.6) is 0 Å². The Morgan fingerprint density at radius 1 is 1.14 bits per heavy atom. The molecule has 1 saturated heterocycles. The lowest BCUT2D eigenvalue weighted by atomic mass is 10.1. The fourth-order valence-electron chi connectivity index (χ4n) is 3.47. The van der Waals surface area contributed by atoms with Gasteiger partial charge in [0.05, 0.1) is 22.2 Å². The first-order chi connectivity index (χ1) is 13.5. The zero-order chi connectivity index (χ0) is 19.7. The van der Waals surface area contributed by atoms with Gasteiger partial charge < -0.3 is 4.90 Å². The number of anilines is 1. The first kappa shape index (κ1) is 18.8. The Morgan fingerprint density at radius 2 is 1.93 bits per heavy atom. The third kappa shape index (κ3) is 3.83. The maximum atomic E-state index is 11.6. The molecular formula is C20H24N6OS. The molecule has 3 heterocycles. The van der Waals surface area contributed by atoms with Crippen molar-refractivity contribution in [3.8, 4) is 11.4 Å². The number of hydrogen-bond donors (Lipinski definition) is 1. The van der Waals surface area contributed by atoms with E-state index >= 15 is 0 Å². The van der Waals surface area contributed by atoms with E-state index in [1.165, 1.54) is 5.57 Å². The fraction of sp³-hybridized carbons (Fsp3) is 0.350. The molecule has 7 nitrogen and oxygen atoms in total. The normalized spacial score (nSPS) is 16.3. The van der Waals surface area contributed by atoms with Crippen LogP contribution < -0.4 is 4.90 Å². The van der Waals surface area contributed by atoms with Gasteiger partial charge in [-0.25, -0.2) is 18.5 Å². The van der Waals surface area contributed by atoms with Gasteiger partial charge in [0.1, 0.15) is 17.8 Å². The molecule has 1 aliphatic heterocycles. The summed E-state index contributed by atoms with van der Waals surface area (Å²) in [6.07, 6.45) is 5.47. The van der Waals surface area contributed by atoms with Crippen molar-refractivity contribution in [3.05, 3.63) is 41.7 Å². The number of H-pyrrole nitrogens is 1. The Morgan fingerprint density at radius 3 is 2.64 bits per heavy atom. The SMILES string of the molecule is CC(C)=Cc1ccc2[nH]nc(-c3cc(N4CCN(S(C)=O)CC4)ncn3)c2c1. The van der Waals surface area contributed by atoms with Crippen LogP contribution in [0.4, 0.5) is 5.82 Å². The second kappa shape index (κ2) is 7.81. The summed E-state index contributed by atoms with van der Waals surface area (Å²) in [5, 5.41) is 8.65. The molecule has 146 valence electrons. The number of nitrogens with one attached hydrogen (secondary N) is 1. The van der Waals surface area contributed by atoms with Crippen molar-refractivity contribution in [2.45, 2.75) is 13.8 Å². The predicted molar refractivity (Wildman–Crippen MR) is 114 cm³/mol. The number of fused-ring (bicyclic) bond motifs is 1. The van der Waals surface area contributed by atoms with E-state index in [4.69, 9.17) is 0 Å². The lowest BCUT2D eigenvalue weighted by Gasteiger charge is -2.33. The summed E-state index contributed by atoms with van der Waals surface area (Å²) in [5.41, 5.74) is 5.01. The van der Waals surface area contributed by atoms with Crippen molar-refractivity contribution in [1.82, 2.24) is 24.5 Å². The number of benzene rings is 1. The highest BCUT2D eigenvalue weighted by Crippen LogP contribution is 2.28.